The molecular weight excluding hydrogens is 166 g/mol. The summed E-state index contributed by atoms with van der Waals surface area (Å²) in [5.41, 5.74) is 1.70. The van der Waals surface area contributed by atoms with Crippen LogP contribution in [0.4, 0.5) is 0 Å². The predicted molar refractivity (Wildman–Crippen MR) is 48.2 cm³/mol. The molecule has 1 aromatic heterocycles. The normalized spacial score (nSPS) is 15.5. The van der Waals surface area contributed by atoms with Crippen molar-refractivity contribution in [2.45, 2.75) is 18.8 Å². The van der Waals surface area contributed by atoms with E-state index in [9.17, 15) is 4.79 Å². The van der Waals surface area contributed by atoms with Crippen LogP contribution in [0.3, 0.4) is 0 Å². The van der Waals surface area contributed by atoms with Crippen LogP contribution in [0.2, 0.25) is 0 Å². The lowest BCUT2D eigenvalue weighted by Crippen LogP contribution is -1.95. The fourth-order valence-electron chi connectivity index (χ4n) is 1.41. The number of pyridine rings is 1. The van der Waals surface area contributed by atoms with Crippen molar-refractivity contribution in [3.63, 3.8) is 0 Å². The summed E-state index contributed by atoms with van der Waals surface area (Å²) in [6.07, 6.45) is 4.72. The Morgan fingerprint density at radius 3 is 2.92 bits per heavy atom. The minimum Gasteiger partial charge on any atom is -0.481 e. The van der Waals surface area contributed by atoms with Gasteiger partial charge in [0.15, 0.2) is 6.29 Å². The third kappa shape index (κ3) is 1.54. The van der Waals surface area contributed by atoms with E-state index in [-0.39, 0.29) is 0 Å². The SMILES string of the molecule is COc1ncc(C=O)cc1C1CC1. The molecule has 0 unspecified atom stereocenters. The zero-order valence-electron chi connectivity index (χ0n) is 7.49. The van der Waals surface area contributed by atoms with Crippen molar-refractivity contribution >= 4 is 6.29 Å². The highest BCUT2D eigenvalue weighted by molar-refractivity contribution is 5.74. The molecule has 0 radical (unpaired) electrons. The number of hydrogen-bond donors (Lipinski definition) is 0. The Labute approximate surface area is 76.7 Å². The number of nitrogens with zero attached hydrogens (tertiary/aromatic N) is 1. The molecule has 0 atom stereocenters. The van der Waals surface area contributed by atoms with E-state index in [1.54, 1.807) is 7.11 Å². The minimum atomic E-state index is 0.558. The lowest BCUT2D eigenvalue weighted by atomic mass is 10.1. The molecule has 68 valence electrons. The summed E-state index contributed by atoms with van der Waals surface area (Å²) in [4.78, 5) is 14.6. The summed E-state index contributed by atoms with van der Waals surface area (Å²) in [7, 11) is 1.61. The van der Waals surface area contributed by atoms with E-state index >= 15 is 0 Å². The Balaban J connectivity index is 2.40. The topological polar surface area (TPSA) is 39.2 Å². The summed E-state index contributed by atoms with van der Waals surface area (Å²) in [6.45, 7) is 0. The van der Waals surface area contributed by atoms with Crippen molar-refractivity contribution < 1.29 is 9.53 Å². The number of ether oxygens (including phenoxy) is 1. The van der Waals surface area contributed by atoms with Gasteiger partial charge in [-0.05, 0) is 24.8 Å². The fourth-order valence-corrected chi connectivity index (χ4v) is 1.41. The molecule has 1 fully saturated rings. The van der Waals surface area contributed by atoms with Gasteiger partial charge >= 0.3 is 0 Å². The monoisotopic (exact) mass is 177 g/mol. The number of aldehydes is 1. The quantitative estimate of drug-likeness (QED) is 0.660. The molecule has 0 bridgehead atoms. The molecule has 0 saturated heterocycles. The number of rotatable bonds is 3. The third-order valence-corrected chi connectivity index (χ3v) is 2.25. The van der Waals surface area contributed by atoms with E-state index in [0.717, 1.165) is 11.8 Å². The van der Waals surface area contributed by atoms with Crippen LogP contribution in [0.25, 0.3) is 0 Å². The second-order valence-electron chi connectivity index (χ2n) is 3.26. The first-order valence-corrected chi connectivity index (χ1v) is 4.34. The third-order valence-electron chi connectivity index (χ3n) is 2.25. The summed E-state index contributed by atoms with van der Waals surface area (Å²) in [6, 6.07) is 1.87. The summed E-state index contributed by atoms with van der Waals surface area (Å²) >= 11 is 0. The van der Waals surface area contributed by atoms with Gasteiger partial charge in [-0.3, -0.25) is 4.79 Å². The van der Waals surface area contributed by atoms with Crippen LogP contribution >= 0.6 is 0 Å². The Hall–Kier alpha value is -1.38. The van der Waals surface area contributed by atoms with Crippen molar-refractivity contribution in [3.8, 4) is 5.88 Å². The van der Waals surface area contributed by atoms with Crippen LogP contribution < -0.4 is 4.74 Å². The Morgan fingerprint density at radius 2 is 2.38 bits per heavy atom. The molecule has 1 aromatic rings. The second-order valence-corrected chi connectivity index (χ2v) is 3.26. The van der Waals surface area contributed by atoms with Crippen molar-refractivity contribution in [1.29, 1.82) is 0 Å². The van der Waals surface area contributed by atoms with E-state index in [4.69, 9.17) is 4.74 Å². The highest BCUT2D eigenvalue weighted by Crippen LogP contribution is 2.43. The lowest BCUT2D eigenvalue weighted by Gasteiger charge is -2.05. The molecular formula is C10H11NO2. The van der Waals surface area contributed by atoms with Crippen LogP contribution in [-0.2, 0) is 0 Å². The predicted octanol–water partition coefficient (Wildman–Crippen LogP) is 1.78. The number of hydrogen-bond acceptors (Lipinski definition) is 3. The largest absolute Gasteiger partial charge is 0.481 e. The zero-order chi connectivity index (χ0) is 9.26. The van der Waals surface area contributed by atoms with Gasteiger partial charge < -0.3 is 4.74 Å². The molecule has 2 rings (SSSR count). The van der Waals surface area contributed by atoms with Crippen molar-refractivity contribution in [2.75, 3.05) is 7.11 Å². The summed E-state index contributed by atoms with van der Waals surface area (Å²) in [5, 5.41) is 0. The smallest absolute Gasteiger partial charge is 0.216 e. The molecule has 3 heteroatoms. The lowest BCUT2D eigenvalue weighted by molar-refractivity contribution is 0.112. The van der Waals surface area contributed by atoms with Gasteiger partial charge in [-0.15, -0.1) is 0 Å². The summed E-state index contributed by atoms with van der Waals surface area (Å²) in [5.74, 6) is 1.22. The van der Waals surface area contributed by atoms with Crippen LogP contribution in [-0.4, -0.2) is 18.4 Å². The van der Waals surface area contributed by atoms with E-state index in [0.29, 0.717) is 17.4 Å². The maximum Gasteiger partial charge on any atom is 0.216 e. The van der Waals surface area contributed by atoms with Crippen molar-refractivity contribution in [1.82, 2.24) is 4.98 Å². The molecule has 13 heavy (non-hydrogen) atoms. The van der Waals surface area contributed by atoms with Crippen molar-refractivity contribution in [3.05, 3.63) is 23.4 Å². The number of carbonyl (C=O) groups excluding carboxylic acids is 1. The van der Waals surface area contributed by atoms with Crippen LogP contribution in [0, 0.1) is 0 Å². The van der Waals surface area contributed by atoms with E-state index < -0.39 is 0 Å². The van der Waals surface area contributed by atoms with Gasteiger partial charge in [0, 0.05) is 17.3 Å². The summed E-state index contributed by atoms with van der Waals surface area (Å²) < 4.78 is 5.12. The van der Waals surface area contributed by atoms with Gasteiger partial charge in [-0.2, -0.15) is 0 Å². The average molecular weight is 177 g/mol. The first-order chi connectivity index (χ1) is 6.35. The van der Waals surface area contributed by atoms with E-state index in [1.165, 1.54) is 19.0 Å². The molecule has 0 aromatic carbocycles. The molecule has 0 spiro atoms. The minimum absolute atomic E-state index is 0.558. The van der Waals surface area contributed by atoms with E-state index in [1.807, 2.05) is 6.07 Å². The van der Waals surface area contributed by atoms with Gasteiger partial charge in [0.05, 0.1) is 7.11 Å². The Bertz CT molecular complexity index is 332. The van der Waals surface area contributed by atoms with Gasteiger partial charge in [-0.25, -0.2) is 4.98 Å². The highest BCUT2D eigenvalue weighted by Gasteiger charge is 2.27. The number of aromatic nitrogens is 1. The molecule has 3 nitrogen and oxygen atoms in total. The maximum atomic E-state index is 10.5. The fraction of sp³-hybridized carbons (Fsp3) is 0.400. The number of carbonyl (C=O) groups is 1. The van der Waals surface area contributed by atoms with Crippen LogP contribution in [0.5, 0.6) is 5.88 Å². The van der Waals surface area contributed by atoms with Crippen LogP contribution in [0.15, 0.2) is 12.3 Å². The molecule has 1 aliphatic rings. The zero-order valence-corrected chi connectivity index (χ0v) is 7.49. The molecule has 0 amide bonds. The maximum absolute atomic E-state index is 10.5. The van der Waals surface area contributed by atoms with Gasteiger partial charge in [0.2, 0.25) is 5.88 Å². The average Bonchev–Trinajstić information content (AvgIpc) is 3.00. The number of methoxy groups -OCH3 is 1. The molecule has 0 aliphatic heterocycles. The molecule has 1 heterocycles. The molecule has 1 aliphatic carbocycles. The van der Waals surface area contributed by atoms with Gasteiger partial charge in [0.1, 0.15) is 0 Å². The van der Waals surface area contributed by atoms with Crippen LogP contribution in [0.1, 0.15) is 34.7 Å². The second kappa shape index (κ2) is 3.17. The molecule has 1 saturated carbocycles. The Morgan fingerprint density at radius 1 is 1.62 bits per heavy atom. The first kappa shape index (κ1) is 8.23. The van der Waals surface area contributed by atoms with Crippen molar-refractivity contribution in [2.24, 2.45) is 0 Å². The van der Waals surface area contributed by atoms with E-state index in [2.05, 4.69) is 4.98 Å². The van der Waals surface area contributed by atoms with Gasteiger partial charge in [-0.1, -0.05) is 0 Å². The molecule has 0 N–H and O–H groups in total. The highest BCUT2D eigenvalue weighted by atomic mass is 16.5. The van der Waals surface area contributed by atoms with Gasteiger partial charge in [0.25, 0.3) is 0 Å². The Kier molecular flexibility index (Phi) is 2.00. The standard InChI is InChI=1S/C10H11NO2/c1-13-10-9(8-2-3-8)4-7(6-12)5-11-10/h4-6,8H,2-3H2,1H3. The first-order valence-electron chi connectivity index (χ1n) is 4.34.